The lowest BCUT2D eigenvalue weighted by Gasteiger charge is -2.02. The highest BCUT2D eigenvalue weighted by Crippen LogP contribution is 2.30. The number of thioether (sulfide) groups is 1. The van der Waals surface area contributed by atoms with Crippen molar-refractivity contribution in [2.45, 2.75) is 10.7 Å². The first-order valence-electron chi connectivity index (χ1n) is 4.81. The number of rotatable bonds is 4. The highest BCUT2D eigenvalue weighted by Gasteiger charge is 2.17. The lowest BCUT2D eigenvalue weighted by atomic mass is 10.1. The van der Waals surface area contributed by atoms with Crippen molar-refractivity contribution in [2.75, 3.05) is 0 Å². The lowest BCUT2D eigenvalue weighted by Crippen LogP contribution is -1.95. The van der Waals surface area contributed by atoms with Crippen LogP contribution in [0.3, 0.4) is 0 Å². The van der Waals surface area contributed by atoms with Gasteiger partial charge >= 0.3 is 5.97 Å². The molecule has 2 rings (SSSR count). The van der Waals surface area contributed by atoms with E-state index in [-0.39, 0.29) is 11.3 Å². The van der Waals surface area contributed by atoms with Gasteiger partial charge in [-0.25, -0.2) is 4.79 Å². The average Bonchev–Trinajstić information content (AvgIpc) is 2.77. The molecule has 94 valence electrons. The third-order valence-electron chi connectivity index (χ3n) is 2.12. The Morgan fingerprint density at radius 1 is 1.44 bits per heavy atom. The summed E-state index contributed by atoms with van der Waals surface area (Å²) in [5.74, 6) is -3.66. The van der Waals surface area contributed by atoms with Crippen molar-refractivity contribution in [3.63, 3.8) is 0 Å². The molecule has 1 aromatic heterocycles. The van der Waals surface area contributed by atoms with Gasteiger partial charge in [-0.15, -0.1) is 0 Å². The zero-order valence-electron chi connectivity index (χ0n) is 8.84. The molecule has 0 aliphatic carbocycles. The molecule has 0 saturated heterocycles. The fraction of sp³-hybridized carbons (Fsp3) is 0.0909. The maximum Gasteiger partial charge on any atom is 0.341 e. The molecule has 0 spiro atoms. The molecular formula is C11H7F2NO3S. The van der Waals surface area contributed by atoms with Crippen LogP contribution in [0.5, 0.6) is 0 Å². The van der Waals surface area contributed by atoms with Crippen molar-refractivity contribution in [2.24, 2.45) is 0 Å². The quantitative estimate of drug-likeness (QED) is 0.864. The Hall–Kier alpha value is -1.89. The van der Waals surface area contributed by atoms with Gasteiger partial charge in [0, 0.05) is 10.5 Å². The van der Waals surface area contributed by atoms with Crippen molar-refractivity contribution in [3.8, 4) is 11.3 Å². The molecule has 18 heavy (non-hydrogen) atoms. The molecule has 1 heterocycles. The molecule has 0 radical (unpaired) electrons. The first-order chi connectivity index (χ1) is 8.58. The monoisotopic (exact) mass is 271 g/mol. The van der Waals surface area contributed by atoms with Gasteiger partial charge in [-0.2, -0.15) is 8.78 Å². The number of carboxylic acid groups (broad SMARTS) is 1. The van der Waals surface area contributed by atoms with E-state index in [4.69, 9.17) is 9.63 Å². The zero-order chi connectivity index (χ0) is 13.1. The number of carbonyl (C=O) groups is 1. The average molecular weight is 271 g/mol. The fourth-order valence-corrected chi connectivity index (χ4v) is 1.97. The molecular weight excluding hydrogens is 264 g/mol. The van der Waals surface area contributed by atoms with Crippen LogP contribution in [-0.2, 0) is 0 Å². The van der Waals surface area contributed by atoms with Gasteiger partial charge < -0.3 is 9.63 Å². The Morgan fingerprint density at radius 3 is 2.89 bits per heavy atom. The van der Waals surface area contributed by atoms with Crippen LogP contribution in [0.25, 0.3) is 11.3 Å². The number of nitrogens with zero attached hydrogens (tertiary/aromatic N) is 1. The molecule has 0 aliphatic heterocycles. The predicted molar refractivity (Wildman–Crippen MR) is 60.8 cm³/mol. The Bertz CT molecular complexity index is 571. The van der Waals surface area contributed by atoms with E-state index >= 15 is 0 Å². The molecule has 0 amide bonds. The largest absolute Gasteiger partial charge is 0.477 e. The topological polar surface area (TPSA) is 63.3 Å². The normalized spacial score (nSPS) is 10.8. The standard InChI is InChI=1S/C11H7F2NO3S/c12-11(13)18-7-3-1-2-6(4-7)9-8(10(15)16)5-14-17-9/h1-5,11H,(H,15,16). The third kappa shape index (κ3) is 2.67. The fourth-order valence-electron chi connectivity index (χ4n) is 1.41. The lowest BCUT2D eigenvalue weighted by molar-refractivity contribution is 0.0697. The van der Waals surface area contributed by atoms with Gasteiger partial charge in [0.1, 0.15) is 5.56 Å². The van der Waals surface area contributed by atoms with Gasteiger partial charge in [0.15, 0.2) is 5.76 Å². The van der Waals surface area contributed by atoms with Gasteiger partial charge in [-0.3, -0.25) is 0 Å². The molecule has 0 unspecified atom stereocenters. The van der Waals surface area contributed by atoms with Crippen LogP contribution in [0.4, 0.5) is 8.78 Å². The number of benzene rings is 1. The molecule has 7 heteroatoms. The number of aromatic carboxylic acids is 1. The molecule has 1 aromatic carbocycles. The van der Waals surface area contributed by atoms with Crippen molar-refractivity contribution >= 4 is 17.7 Å². The van der Waals surface area contributed by atoms with E-state index < -0.39 is 11.7 Å². The van der Waals surface area contributed by atoms with E-state index in [9.17, 15) is 13.6 Å². The van der Waals surface area contributed by atoms with Crippen LogP contribution in [0.1, 0.15) is 10.4 Å². The maximum absolute atomic E-state index is 12.2. The van der Waals surface area contributed by atoms with Gasteiger partial charge in [-0.05, 0) is 12.1 Å². The SMILES string of the molecule is O=C(O)c1cnoc1-c1cccc(SC(F)F)c1. The van der Waals surface area contributed by atoms with E-state index in [1.54, 1.807) is 12.1 Å². The van der Waals surface area contributed by atoms with Crippen molar-refractivity contribution in [1.29, 1.82) is 0 Å². The first kappa shape index (κ1) is 12.6. The second kappa shape index (κ2) is 5.18. The summed E-state index contributed by atoms with van der Waals surface area (Å²) in [7, 11) is 0. The predicted octanol–water partition coefficient (Wildman–Crippen LogP) is 3.35. The van der Waals surface area contributed by atoms with Crippen LogP contribution in [-0.4, -0.2) is 22.0 Å². The number of hydrogen-bond donors (Lipinski definition) is 1. The number of aromatic nitrogens is 1. The van der Waals surface area contributed by atoms with E-state index in [0.717, 1.165) is 6.20 Å². The Labute approximate surface area is 105 Å². The highest BCUT2D eigenvalue weighted by molar-refractivity contribution is 7.99. The van der Waals surface area contributed by atoms with Gasteiger partial charge in [0.25, 0.3) is 5.76 Å². The van der Waals surface area contributed by atoms with E-state index in [1.807, 2.05) is 0 Å². The molecule has 2 aromatic rings. The summed E-state index contributed by atoms with van der Waals surface area (Å²) < 4.78 is 29.3. The molecule has 0 aliphatic rings. The van der Waals surface area contributed by atoms with Gasteiger partial charge in [-0.1, -0.05) is 29.1 Å². The summed E-state index contributed by atoms with van der Waals surface area (Å²) in [5, 5.41) is 12.3. The van der Waals surface area contributed by atoms with Crippen molar-refractivity contribution in [1.82, 2.24) is 5.16 Å². The van der Waals surface area contributed by atoms with Gasteiger partial charge in [0.2, 0.25) is 0 Å². The number of halogens is 2. The Morgan fingerprint density at radius 2 is 2.22 bits per heavy atom. The van der Waals surface area contributed by atoms with Crippen LogP contribution in [0.15, 0.2) is 39.9 Å². The van der Waals surface area contributed by atoms with Crippen molar-refractivity contribution in [3.05, 3.63) is 36.0 Å². The molecule has 0 fully saturated rings. The number of hydrogen-bond acceptors (Lipinski definition) is 4. The number of alkyl halides is 2. The summed E-state index contributed by atoms with van der Waals surface area (Å²) >= 11 is 0.381. The molecule has 0 atom stereocenters. The summed E-state index contributed by atoms with van der Waals surface area (Å²) in [4.78, 5) is 11.2. The highest BCUT2D eigenvalue weighted by atomic mass is 32.2. The van der Waals surface area contributed by atoms with Crippen molar-refractivity contribution < 1.29 is 23.2 Å². The molecule has 4 nitrogen and oxygen atoms in total. The minimum absolute atomic E-state index is 0.0548. The second-order valence-corrected chi connectivity index (χ2v) is 4.34. The third-order valence-corrected chi connectivity index (χ3v) is 2.83. The summed E-state index contributed by atoms with van der Waals surface area (Å²) in [6.07, 6.45) is 1.07. The van der Waals surface area contributed by atoms with Crippen LogP contribution < -0.4 is 0 Å². The van der Waals surface area contributed by atoms with Crippen LogP contribution in [0, 0.1) is 0 Å². The Kier molecular flexibility index (Phi) is 3.61. The Balaban J connectivity index is 2.38. The summed E-state index contributed by atoms with van der Waals surface area (Å²) in [6, 6.07) is 6.07. The zero-order valence-corrected chi connectivity index (χ0v) is 9.66. The first-order valence-corrected chi connectivity index (χ1v) is 5.69. The molecule has 1 N–H and O–H groups in total. The van der Waals surface area contributed by atoms with E-state index in [0.29, 0.717) is 22.2 Å². The minimum atomic E-state index is -2.53. The van der Waals surface area contributed by atoms with E-state index in [2.05, 4.69) is 5.16 Å². The second-order valence-electron chi connectivity index (χ2n) is 3.28. The number of carboxylic acids is 1. The summed E-state index contributed by atoms with van der Waals surface area (Å²) in [5.41, 5.74) is 0.296. The molecule has 0 bridgehead atoms. The molecule has 0 saturated carbocycles. The van der Waals surface area contributed by atoms with Crippen LogP contribution in [0.2, 0.25) is 0 Å². The maximum atomic E-state index is 12.2. The summed E-state index contributed by atoms with van der Waals surface area (Å²) in [6.45, 7) is 0. The van der Waals surface area contributed by atoms with Gasteiger partial charge in [0.05, 0.1) is 6.20 Å². The van der Waals surface area contributed by atoms with E-state index in [1.165, 1.54) is 12.1 Å². The smallest absolute Gasteiger partial charge is 0.341 e. The minimum Gasteiger partial charge on any atom is -0.477 e. The van der Waals surface area contributed by atoms with Crippen LogP contribution >= 0.6 is 11.8 Å².